The van der Waals surface area contributed by atoms with Crippen LogP contribution in [0.3, 0.4) is 0 Å². The Kier molecular flexibility index (Phi) is 4.97. The fourth-order valence-electron chi connectivity index (χ4n) is 2.82. The lowest BCUT2D eigenvalue weighted by Gasteiger charge is -2.23. The number of carbonyl (C=O) groups excluding carboxylic acids is 1. The van der Waals surface area contributed by atoms with Crippen molar-refractivity contribution in [3.8, 4) is 0 Å². The molecule has 1 N–H and O–H groups in total. The zero-order valence-corrected chi connectivity index (χ0v) is 14.5. The summed E-state index contributed by atoms with van der Waals surface area (Å²) < 4.78 is 14.7. The third-order valence-corrected chi connectivity index (χ3v) is 4.79. The number of halogens is 1. The third-order valence-electron chi connectivity index (χ3n) is 4.08. The molecule has 0 bridgehead atoms. The van der Waals surface area contributed by atoms with Crippen molar-refractivity contribution < 1.29 is 9.18 Å². The van der Waals surface area contributed by atoms with E-state index < -0.39 is 0 Å². The van der Waals surface area contributed by atoms with Crippen LogP contribution in [-0.2, 0) is 0 Å². The Morgan fingerprint density at radius 1 is 1.29 bits per heavy atom. The van der Waals surface area contributed by atoms with E-state index in [4.69, 9.17) is 0 Å². The van der Waals surface area contributed by atoms with E-state index in [1.165, 1.54) is 22.3 Å². The predicted molar refractivity (Wildman–Crippen MR) is 96.1 cm³/mol. The SMILES string of the molecule is CN(C)[C@@H](CCNC(=O)n1cc2ccc(F)cc2c1)c1ccsc1. The molecule has 2 heterocycles. The highest BCUT2D eigenvalue weighted by molar-refractivity contribution is 7.07. The van der Waals surface area contributed by atoms with Gasteiger partial charge in [-0.1, -0.05) is 0 Å². The lowest BCUT2D eigenvalue weighted by molar-refractivity contribution is 0.238. The molecule has 24 heavy (non-hydrogen) atoms. The van der Waals surface area contributed by atoms with Crippen molar-refractivity contribution in [3.63, 3.8) is 0 Å². The number of nitrogens with zero attached hydrogens (tertiary/aromatic N) is 2. The van der Waals surface area contributed by atoms with Gasteiger partial charge in [0.05, 0.1) is 0 Å². The molecule has 3 aromatic rings. The van der Waals surface area contributed by atoms with E-state index >= 15 is 0 Å². The minimum absolute atomic E-state index is 0.200. The van der Waals surface area contributed by atoms with Crippen molar-refractivity contribution in [2.24, 2.45) is 0 Å². The number of hydrogen-bond acceptors (Lipinski definition) is 3. The Balaban J connectivity index is 1.62. The van der Waals surface area contributed by atoms with Crippen molar-refractivity contribution in [1.29, 1.82) is 0 Å². The number of hydrogen-bond donors (Lipinski definition) is 1. The molecule has 0 saturated heterocycles. The molecule has 0 aliphatic heterocycles. The number of aromatic nitrogens is 1. The first kappa shape index (κ1) is 16.7. The van der Waals surface area contributed by atoms with Crippen LogP contribution in [0.5, 0.6) is 0 Å². The number of benzene rings is 1. The summed E-state index contributed by atoms with van der Waals surface area (Å²) in [6, 6.07) is 6.69. The lowest BCUT2D eigenvalue weighted by Crippen LogP contribution is -2.31. The van der Waals surface area contributed by atoms with Gasteiger partial charge in [0.1, 0.15) is 5.82 Å². The van der Waals surface area contributed by atoms with E-state index in [9.17, 15) is 9.18 Å². The zero-order valence-electron chi connectivity index (χ0n) is 13.7. The van der Waals surface area contributed by atoms with Gasteiger partial charge in [0.15, 0.2) is 0 Å². The molecular formula is C18H20FN3OS. The fraction of sp³-hybridized carbons (Fsp3) is 0.278. The normalized spacial score (nSPS) is 12.7. The molecule has 0 spiro atoms. The molecule has 0 radical (unpaired) electrons. The van der Waals surface area contributed by atoms with Gasteiger partial charge in [0, 0.05) is 35.8 Å². The lowest BCUT2D eigenvalue weighted by atomic mass is 10.1. The number of nitrogens with one attached hydrogen (secondary N) is 1. The number of thiophene rings is 1. The highest BCUT2D eigenvalue weighted by Gasteiger charge is 2.15. The van der Waals surface area contributed by atoms with Gasteiger partial charge in [-0.3, -0.25) is 4.57 Å². The smallest absolute Gasteiger partial charge is 0.325 e. The molecule has 4 nitrogen and oxygen atoms in total. The molecule has 1 aromatic carbocycles. The zero-order chi connectivity index (χ0) is 17.1. The van der Waals surface area contributed by atoms with E-state index in [1.807, 2.05) is 14.1 Å². The Morgan fingerprint density at radius 3 is 2.79 bits per heavy atom. The second-order valence-electron chi connectivity index (χ2n) is 6.00. The molecule has 126 valence electrons. The van der Waals surface area contributed by atoms with Crippen molar-refractivity contribution >= 4 is 28.1 Å². The molecule has 2 aromatic heterocycles. The van der Waals surface area contributed by atoms with Crippen LogP contribution in [0.1, 0.15) is 18.0 Å². The molecular weight excluding hydrogens is 325 g/mol. The average Bonchev–Trinajstić information content (AvgIpc) is 3.19. The van der Waals surface area contributed by atoms with Crippen LogP contribution in [0, 0.1) is 5.82 Å². The van der Waals surface area contributed by atoms with Gasteiger partial charge in [-0.2, -0.15) is 11.3 Å². The van der Waals surface area contributed by atoms with Gasteiger partial charge in [0.25, 0.3) is 0 Å². The van der Waals surface area contributed by atoms with Gasteiger partial charge in [0.2, 0.25) is 0 Å². The van der Waals surface area contributed by atoms with Gasteiger partial charge in [-0.15, -0.1) is 0 Å². The molecule has 0 saturated carbocycles. The van der Waals surface area contributed by atoms with Gasteiger partial charge < -0.3 is 10.2 Å². The topological polar surface area (TPSA) is 37.3 Å². The minimum Gasteiger partial charge on any atom is -0.337 e. The summed E-state index contributed by atoms with van der Waals surface area (Å²) in [5.41, 5.74) is 1.27. The Hall–Kier alpha value is -2.18. The number of fused-ring (bicyclic) bond motifs is 1. The maximum atomic E-state index is 13.2. The Bertz CT molecular complexity index is 826. The highest BCUT2D eigenvalue weighted by atomic mass is 32.1. The summed E-state index contributed by atoms with van der Waals surface area (Å²) in [4.78, 5) is 14.4. The van der Waals surface area contributed by atoms with Crippen LogP contribution >= 0.6 is 11.3 Å². The van der Waals surface area contributed by atoms with Crippen LogP contribution in [0.2, 0.25) is 0 Å². The Labute approximate surface area is 144 Å². The van der Waals surface area contributed by atoms with Crippen LogP contribution in [0.4, 0.5) is 9.18 Å². The predicted octanol–water partition coefficient (Wildman–Crippen LogP) is 4.09. The van der Waals surface area contributed by atoms with Crippen molar-refractivity contribution in [1.82, 2.24) is 14.8 Å². The second-order valence-corrected chi connectivity index (χ2v) is 6.78. The monoisotopic (exact) mass is 345 g/mol. The first-order valence-electron chi connectivity index (χ1n) is 7.78. The highest BCUT2D eigenvalue weighted by Crippen LogP contribution is 2.23. The minimum atomic E-state index is -0.301. The summed E-state index contributed by atoms with van der Waals surface area (Å²) in [6.07, 6.45) is 4.19. The fourth-order valence-corrected chi connectivity index (χ4v) is 3.53. The molecule has 0 aliphatic rings. The maximum absolute atomic E-state index is 13.2. The molecule has 0 unspecified atom stereocenters. The van der Waals surface area contributed by atoms with Crippen LogP contribution in [0.25, 0.3) is 10.8 Å². The number of amides is 1. The quantitative estimate of drug-likeness (QED) is 0.756. The van der Waals surface area contributed by atoms with E-state index in [-0.39, 0.29) is 17.9 Å². The van der Waals surface area contributed by atoms with E-state index in [1.54, 1.807) is 29.8 Å². The Morgan fingerprint density at radius 2 is 2.08 bits per heavy atom. The van der Waals surface area contributed by atoms with Gasteiger partial charge in [-0.05, 0) is 61.1 Å². The number of rotatable bonds is 5. The molecule has 1 atom stereocenters. The summed E-state index contributed by atoms with van der Waals surface area (Å²) in [5, 5.41) is 8.69. The first-order valence-corrected chi connectivity index (χ1v) is 8.73. The number of carbonyl (C=O) groups is 1. The van der Waals surface area contributed by atoms with Crippen LogP contribution in [-0.4, -0.2) is 36.1 Å². The van der Waals surface area contributed by atoms with Gasteiger partial charge in [-0.25, -0.2) is 9.18 Å². The standard InChI is InChI=1S/C18H20FN3OS/c1-21(2)17(14-6-8-24-12-14)5-7-20-18(23)22-10-13-3-4-16(19)9-15(13)11-22/h3-4,6,8-12,17H,5,7H2,1-2H3,(H,20,23)/t17-/m0/s1. The third kappa shape index (κ3) is 3.66. The van der Waals surface area contributed by atoms with Gasteiger partial charge >= 0.3 is 6.03 Å². The van der Waals surface area contributed by atoms with Crippen LogP contribution in [0.15, 0.2) is 47.4 Å². The van der Waals surface area contributed by atoms with E-state index in [0.29, 0.717) is 6.54 Å². The van der Waals surface area contributed by atoms with Crippen molar-refractivity contribution in [2.75, 3.05) is 20.6 Å². The van der Waals surface area contributed by atoms with Crippen molar-refractivity contribution in [3.05, 3.63) is 58.8 Å². The largest absolute Gasteiger partial charge is 0.337 e. The van der Waals surface area contributed by atoms with Crippen LogP contribution < -0.4 is 5.32 Å². The molecule has 0 fully saturated rings. The van der Waals surface area contributed by atoms with E-state index in [2.05, 4.69) is 27.0 Å². The second kappa shape index (κ2) is 7.15. The first-order chi connectivity index (χ1) is 11.5. The summed E-state index contributed by atoms with van der Waals surface area (Å²) in [7, 11) is 4.08. The maximum Gasteiger partial charge on any atom is 0.325 e. The molecule has 1 amide bonds. The molecule has 0 aliphatic carbocycles. The summed E-state index contributed by atoms with van der Waals surface area (Å²) >= 11 is 1.68. The summed E-state index contributed by atoms with van der Waals surface area (Å²) in [6.45, 7) is 0.570. The summed E-state index contributed by atoms with van der Waals surface area (Å²) in [5.74, 6) is -0.301. The molecule has 6 heteroatoms. The van der Waals surface area contributed by atoms with E-state index in [0.717, 1.165) is 17.2 Å². The van der Waals surface area contributed by atoms with Crippen molar-refractivity contribution in [2.45, 2.75) is 12.5 Å². The average molecular weight is 345 g/mol. The molecule has 3 rings (SSSR count).